The Morgan fingerprint density at radius 2 is 1.45 bits per heavy atom. The molecule has 0 N–H and O–H groups in total. The van der Waals surface area contributed by atoms with Crippen molar-refractivity contribution >= 4 is 11.9 Å². The first-order chi connectivity index (χ1) is 10.7. The molecular weight excluding hydrogens is 280 g/mol. The molecule has 0 radical (unpaired) electrons. The van der Waals surface area contributed by atoms with Crippen molar-refractivity contribution < 1.29 is 19.1 Å². The van der Waals surface area contributed by atoms with Crippen LogP contribution < -0.4 is 4.74 Å². The van der Waals surface area contributed by atoms with Crippen LogP contribution in [-0.4, -0.2) is 18.5 Å². The Morgan fingerprint density at radius 3 is 2.09 bits per heavy atom. The number of esters is 2. The largest absolute Gasteiger partial charge is 0.466 e. The third-order valence-corrected chi connectivity index (χ3v) is 3.31. The molecular formula is C18H26O4. The molecule has 0 aromatic heterocycles. The van der Waals surface area contributed by atoms with Crippen molar-refractivity contribution in [2.24, 2.45) is 0 Å². The van der Waals surface area contributed by atoms with E-state index in [9.17, 15) is 9.59 Å². The first kappa shape index (κ1) is 18.2. The summed E-state index contributed by atoms with van der Waals surface area (Å²) in [5, 5.41) is 0. The van der Waals surface area contributed by atoms with Gasteiger partial charge in [-0.1, -0.05) is 50.3 Å². The zero-order valence-corrected chi connectivity index (χ0v) is 13.4. The van der Waals surface area contributed by atoms with Crippen LogP contribution in [0.3, 0.4) is 0 Å². The van der Waals surface area contributed by atoms with E-state index in [2.05, 4.69) is 0 Å². The zero-order chi connectivity index (χ0) is 16.0. The van der Waals surface area contributed by atoms with Crippen LogP contribution in [0.15, 0.2) is 30.3 Å². The van der Waals surface area contributed by atoms with E-state index in [0.29, 0.717) is 18.8 Å². The molecule has 0 amide bonds. The molecule has 0 heterocycles. The van der Waals surface area contributed by atoms with Gasteiger partial charge >= 0.3 is 11.9 Å². The number of rotatable bonds is 11. The first-order valence-electron chi connectivity index (χ1n) is 8.07. The van der Waals surface area contributed by atoms with Gasteiger partial charge in [-0.3, -0.25) is 9.59 Å². The number of hydrogen-bond acceptors (Lipinski definition) is 4. The lowest BCUT2D eigenvalue weighted by Gasteiger charge is -2.04. The van der Waals surface area contributed by atoms with Gasteiger partial charge in [0.25, 0.3) is 0 Å². The summed E-state index contributed by atoms with van der Waals surface area (Å²) >= 11 is 0. The lowest BCUT2D eigenvalue weighted by molar-refractivity contribution is -0.141. The van der Waals surface area contributed by atoms with Crippen LogP contribution >= 0.6 is 0 Å². The highest BCUT2D eigenvalue weighted by atomic mass is 16.5. The highest BCUT2D eigenvalue weighted by molar-refractivity contribution is 5.72. The fourth-order valence-corrected chi connectivity index (χ4v) is 2.14. The van der Waals surface area contributed by atoms with Crippen molar-refractivity contribution in [3.05, 3.63) is 30.3 Å². The smallest absolute Gasteiger partial charge is 0.311 e. The minimum absolute atomic E-state index is 0.160. The van der Waals surface area contributed by atoms with Crippen LogP contribution in [0.25, 0.3) is 0 Å². The monoisotopic (exact) mass is 306 g/mol. The third kappa shape index (κ3) is 9.97. The van der Waals surface area contributed by atoms with Crippen molar-refractivity contribution in [1.29, 1.82) is 0 Å². The molecule has 4 nitrogen and oxygen atoms in total. The SMILES string of the molecule is CC(=O)OCCCCCCCCCC(=O)Oc1ccccc1. The number of benzene rings is 1. The van der Waals surface area contributed by atoms with Gasteiger partial charge in [-0.15, -0.1) is 0 Å². The van der Waals surface area contributed by atoms with E-state index in [1.165, 1.54) is 6.92 Å². The Hall–Kier alpha value is -1.84. The summed E-state index contributed by atoms with van der Waals surface area (Å²) in [6, 6.07) is 9.17. The maximum atomic E-state index is 11.6. The summed E-state index contributed by atoms with van der Waals surface area (Å²) in [5.74, 6) is 0.246. The summed E-state index contributed by atoms with van der Waals surface area (Å²) in [7, 11) is 0. The number of carbonyl (C=O) groups is 2. The highest BCUT2D eigenvalue weighted by Crippen LogP contribution is 2.12. The van der Waals surface area contributed by atoms with Crippen molar-refractivity contribution in [3.8, 4) is 5.75 Å². The van der Waals surface area contributed by atoms with Gasteiger partial charge in [0.05, 0.1) is 6.61 Å². The maximum Gasteiger partial charge on any atom is 0.311 e. The predicted octanol–water partition coefficient (Wildman–Crippen LogP) is 4.28. The second-order valence-electron chi connectivity index (χ2n) is 5.35. The van der Waals surface area contributed by atoms with Gasteiger partial charge < -0.3 is 9.47 Å². The van der Waals surface area contributed by atoms with Gasteiger partial charge in [0.15, 0.2) is 0 Å². The maximum absolute atomic E-state index is 11.6. The van der Waals surface area contributed by atoms with Gasteiger partial charge in [-0.05, 0) is 25.0 Å². The normalized spacial score (nSPS) is 10.2. The van der Waals surface area contributed by atoms with Crippen molar-refractivity contribution in [2.45, 2.75) is 58.3 Å². The number of unbranched alkanes of at least 4 members (excludes halogenated alkanes) is 6. The number of ether oxygens (including phenoxy) is 2. The quantitative estimate of drug-likeness (QED) is 0.348. The minimum atomic E-state index is -0.206. The molecule has 1 aromatic carbocycles. The van der Waals surface area contributed by atoms with Crippen LogP contribution in [0.4, 0.5) is 0 Å². The summed E-state index contributed by atoms with van der Waals surface area (Å²) in [6.07, 6.45) is 7.86. The van der Waals surface area contributed by atoms with Gasteiger partial charge in [0.2, 0.25) is 0 Å². The summed E-state index contributed by atoms with van der Waals surface area (Å²) in [5.41, 5.74) is 0. The van der Waals surface area contributed by atoms with E-state index < -0.39 is 0 Å². The molecule has 0 aliphatic heterocycles. The molecule has 1 aromatic rings. The second kappa shape index (κ2) is 11.8. The molecule has 22 heavy (non-hydrogen) atoms. The molecule has 0 saturated carbocycles. The number of para-hydroxylation sites is 1. The molecule has 4 heteroatoms. The van der Waals surface area contributed by atoms with Gasteiger partial charge in [-0.25, -0.2) is 0 Å². The van der Waals surface area contributed by atoms with Crippen molar-refractivity contribution in [1.82, 2.24) is 0 Å². The van der Waals surface area contributed by atoms with Crippen LogP contribution in [0.1, 0.15) is 58.3 Å². The molecule has 1 rings (SSSR count). The highest BCUT2D eigenvalue weighted by Gasteiger charge is 2.03. The standard InChI is InChI=1S/C18H26O4/c1-16(19)21-15-11-6-4-2-3-5-10-14-18(20)22-17-12-8-7-9-13-17/h7-9,12-13H,2-6,10-11,14-15H2,1H3. The van der Waals surface area contributed by atoms with Gasteiger partial charge in [0.1, 0.15) is 5.75 Å². The van der Waals surface area contributed by atoms with E-state index in [4.69, 9.17) is 9.47 Å². The van der Waals surface area contributed by atoms with E-state index in [1.54, 1.807) is 12.1 Å². The topological polar surface area (TPSA) is 52.6 Å². The average molecular weight is 306 g/mol. The molecule has 0 unspecified atom stereocenters. The van der Waals surface area contributed by atoms with E-state index >= 15 is 0 Å². The van der Waals surface area contributed by atoms with Crippen LogP contribution in [0.2, 0.25) is 0 Å². The van der Waals surface area contributed by atoms with E-state index in [-0.39, 0.29) is 11.9 Å². The molecule has 0 bridgehead atoms. The Morgan fingerprint density at radius 1 is 0.864 bits per heavy atom. The molecule has 0 saturated heterocycles. The van der Waals surface area contributed by atoms with Gasteiger partial charge in [0, 0.05) is 13.3 Å². The zero-order valence-electron chi connectivity index (χ0n) is 13.4. The Balaban J connectivity index is 1.89. The van der Waals surface area contributed by atoms with Crippen LogP contribution in [0.5, 0.6) is 5.75 Å². The predicted molar refractivity (Wildman–Crippen MR) is 85.6 cm³/mol. The second-order valence-corrected chi connectivity index (χ2v) is 5.35. The summed E-state index contributed by atoms with van der Waals surface area (Å²) < 4.78 is 10.1. The molecule has 0 atom stereocenters. The fraction of sp³-hybridized carbons (Fsp3) is 0.556. The first-order valence-corrected chi connectivity index (χ1v) is 8.07. The number of hydrogen-bond donors (Lipinski definition) is 0. The molecule has 0 fully saturated rings. The Labute approximate surface area is 132 Å². The Bertz CT molecular complexity index is 428. The van der Waals surface area contributed by atoms with Crippen molar-refractivity contribution in [3.63, 3.8) is 0 Å². The minimum Gasteiger partial charge on any atom is -0.466 e. The molecule has 0 spiro atoms. The lowest BCUT2D eigenvalue weighted by atomic mass is 10.1. The molecule has 0 aliphatic rings. The van der Waals surface area contributed by atoms with E-state index in [0.717, 1.165) is 44.9 Å². The van der Waals surface area contributed by atoms with Crippen molar-refractivity contribution in [2.75, 3.05) is 6.61 Å². The Kier molecular flexibility index (Phi) is 9.75. The summed E-state index contributed by atoms with van der Waals surface area (Å²) in [4.78, 5) is 22.2. The van der Waals surface area contributed by atoms with Gasteiger partial charge in [-0.2, -0.15) is 0 Å². The molecule has 122 valence electrons. The molecule has 0 aliphatic carbocycles. The van der Waals surface area contributed by atoms with Crippen LogP contribution in [0, 0.1) is 0 Å². The fourth-order valence-electron chi connectivity index (χ4n) is 2.14. The number of carbonyl (C=O) groups excluding carboxylic acids is 2. The average Bonchev–Trinajstić information content (AvgIpc) is 2.50. The van der Waals surface area contributed by atoms with E-state index in [1.807, 2.05) is 18.2 Å². The lowest BCUT2D eigenvalue weighted by Crippen LogP contribution is -2.07. The third-order valence-electron chi connectivity index (χ3n) is 3.31. The van der Waals surface area contributed by atoms with Crippen LogP contribution in [-0.2, 0) is 14.3 Å². The summed E-state index contributed by atoms with van der Waals surface area (Å²) in [6.45, 7) is 1.96.